The number of hydrogen-bond acceptors (Lipinski definition) is 5. The highest BCUT2D eigenvalue weighted by Gasteiger charge is 2.48. The van der Waals surface area contributed by atoms with Crippen LogP contribution in [0.3, 0.4) is 0 Å². The molecule has 0 bridgehead atoms. The number of fused-ring (bicyclic) bond motifs is 1. The quantitative estimate of drug-likeness (QED) is 0.557. The minimum Gasteiger partial charge on any atom is -0.451 e. The van der Waals surface area contributed by atoms with Crippen molar-refractivity contribution in [2.45, 2.75) is 71.4 Å². The smallest absolute Gasteiger partial charge is 0.416 e. The van der Waals surface area contributed by atoms with E-state index >= 15 is 0 Å². The maximum atomic E-state index is 13.0. The van der Waals surface area contributed by atoms with Crippen LogP contribution >= 0.6 is 0 Å². The minimum atomic E-state index is -4.37. The van der Waals surface area contributed by atoms with E-state index in [1.165, 1.54) is 6.07 Å². The Morgan fingerprint density at radius 1 is 1.16 bits per heavy atom. The SMILES string of the molecule is CC.CC/C=C\C1=C(CC)C2(CCN(C3Nc4ccc(C(F)(F)F)cc4N3)CC2)OC1=O. The number of nitrogens with one attached hydrogen (secondary N) is 2. The van der Waals surface area contributed by atoms with Gasteiger partial charge >= 0.3 is 12.1 Å². The van der Waals surface area contributed by atoms with Gasteiger partial charge in [0.05, 0.1) is 22.5 Å². The molecule has 2 N–H and O–H groups in total. The van der Waals surface area contributed by atoms with Crippen LogP contribution < -0.4 is 10.6 Å². The van der Waals surface area contributed by atoms with Gasteiger partial charge in [0, 0.05) is 25.9 Å². The molecular formula is C24H32F3N3O2. The number of allylic oxidation sites excluding steroid dienone is 1. The predicted octanol–water partition coefficient (Wildman–Crippen LogP) is 5.92. The number of benzene rings is 1. The second-order valence-corrected chi connectivity index (χ2v) is 7.93. The molecule has 32 heavy (non-hydrogen) atoms. The number of esters is 1. The molecule has 0 amide bonds. The summed E-state index contributed by atoms with van der Waals surface area (Å²) in [6.45, 7) is 9.38. The van der Waals surface area contributed by atoms with Gasteiger partial charge in [-0.15, -0.1) is 0 Å². The number of anilines is 2. The molecule has 1 saturated heterocycles. The van der Waals surface area contributed by atoms with Crippen molar-refractivity contribution in [1.29, 1.82) is 0 Å². The Labute approximate surface area is 187 Å². The zero-order chi connectivity index (χ0) is 23.5. The molecule has 3 heterocycles. The van der Waals surface area contributed by atoms with Crippen molar-refractivity contribution < 1.29 is 22.7 Å². The number of piperidine rings is 1. The van der Waals surface area contributed by atoms with Crippen molar-refractivity contribution in [2.75, 3.05) is 23.7 Å². The Morgan fingerprint density at radius 3 is 2.41 bits per heavy atom. The molecule has 1 fully saturated rings. The van der Waals surface area contributed by atoms with Crippen LogP contribution in [0.5, 0.6) is 0 Å². The molecule has 3 aliphatic rings. The Bertz CT molecular complexity index is 900. The second-order valence-electron chi connectivity index (χ2n) is 7.93. The maximum Gasteiger partial charge on any atom is 0.416 e. The Kier molecular flexibility index (Phi) is 7.22. The summed E-state index contributed by atoms with van der Waals surface area (Å²) in [5.41, 5.74) is 1.60. The highest BCUT2D eigenvalue weighted by molar-refractivity contribution is 5.96. The van der Waals surface area contributed by atoms with E-state index in [0.29, 0.717) is 42.9 Å². The first-order chi connectivity index (χ1) is 15.3. The molecule has 4 rings (SSSR count). The highest BCUT2D eigenvalue weighted by Crippen LogP contribution is 2.44. The lowest BCUT2D eigenvalue weighted by molar-refractivity contribution is -0.150. The molecular weight excluding hydrogens is 419 g/mol. The normalized spacial score (nSPS) is 22.3. The molecule has 3 aliphatic heterocycles. The number of carbonyl (C=O) groups excluding carboxylic acids is 1. The summed E-state index contributed by atoms with van der Waals surface area (Å²) >= 11 is 0. The average Bonchev–Trinajstić information content (AvgIpc) is 3.31. The fourth-order valence-electron chi connectivity index (χ4n) is 4.61. The third kappa shape index (κ3) is 4.51. The molecule has 0 aliphatic carbocycles. The van der Waals surface area contributed by atoms with Crippen LogP contribution in [-0.4, -0.2) is 35.8 Å². The topological polar surface area (TPSA) is 53.6 Å². The summed E-state index contributed by atoms with van der Waals surface area (Å²) in [5, 5.41) is 6.40. The highest BCUT2D eigenvalue weighted by atomic mass is 19.4. The lowest BCUT2D eigenvalue weighted by Gasteiger charge is -2.41. The number of nitrogens with zero attached hydrogens (tertiary/aromatic N) is 1. The predicted molar refractivity (Wildman–Crippen MR) is 120 cm³/mol. The van der Waals surface area contributed by atoms with Crippen molar-refractivity contribution in [3.63, 3.8) is 0 Å². The van der Waals surface area contributed by atoms with Crippen LogP contribution in [0.15, 0.2) is 41.5 Å². The van der Waals surface area contributed by atoms with E-state index in [1.54, 1.807) is 0 Å². The van der Waals surface area contributed by atoms with Crippen molar-refractivity contribution in [3.05, 3.63) is 47.1 Å². The van der Waals surface area contributed by atoms with E-state index < -0.39 is 17.3 Å². The van der Waals surface area contributed by atoms with Crippen LogP contribution in [0.1, 0.15) is 58.9 Å². The average molecular weight is 452 g/mol. The molecule has 0 saturated carbocycles. The van der Waals surface area contributed by atoms with Gasteiger partial charge in [0.1, 0.15) is 5.60 Å². The lowest BCUT2D eigenvalue weighted by Crippen LogP contribution is -2.52. The summed E-state index contributed by atoms with van der Waals surface area (Å²) < 4.78 is 44.8. The monoisotopic (exact) mass is 451 g/mol. The number of carbonyl (C=O) groups is 1. The maximum absolute atomic E-state index is 13.0. The van der Waals surface area contributed by atoms with Gasteiger partial charge in [-0.2, -0.15) is 13.2 Å². The molecule has 1 aromatic rings. The van der Waals surface area contributed by atoms with Gasteiger partial charge in [-0.3, -0.25) is 4.90 Å². The van der Waals surface area contributed by atoms with Gasteiger partial charge in [0.15, 0.2) is 6.29 Å². The van der Waals surface area contributed by atoms with Gasteiger partial charge in [0.25, 0.3) is 0 Å². The van der Waals surface area contributed by atoms with E-state index in [4.69, 9.17) is 4.74 Å². The number of halogens is 3. The number of likely N-dealkylation sites (tertiary alicyclic amines) is 1. The standard InChI is InChI=1S/C22H26F3N3O2.C2H6/c1-3-5-6-15-16(4-2)21(30-19(15)29)9-11-28(12-10-21)20-26-17-8-7-14(22(23,24)25)13-18(17)27-20;1-2/h5-8,13,20,26-27H,3-4,9-12H2,1-2H3;1-2H3/b6-5-;. The zero-order valence-corrected chi connectivity index (χ0v) is 19.1. The third-order valence-electron chi connectivity index (χ3n) is 6.16. The van der Waals surface area contributed by atoms with Gasteiger partial charge in [0.2, 0.25) is 0 Å². The van der Waals surface area contributed by atoms with Crippen molar-refractivity contribution in [2.24, 2.45) is 0 Å². The van der Waals surface area contributed by atoms with E-state index in [1.807, 2.05) is 39.8 Å². The molecule has 1 unspecified atom stereocenters. The number of ether oxygens (including phenoxy) is 1. The van der Waals surface area contributed by atoms with Gasteiger partial charge in [-0.25, -0.2) is 4.79 Å². The Hall–Kier alpha value is -2.48. The van der Waals surface area contributed by atoms with Crippen LogP contribution in [0, 0.1) is 0 Å². The first-order valence-corrected chi connectivity index (χ1v) is 11.4. The van der Waals surface area contributed by atoms with Gasteiger partial charge in [-0.1, -0.05) is 39.8 Å². The van der Waals surface area contributed by atoms with Crippen LogP contribution in [0.25, 0.3) is 0 Å². The van der Waals surface area contributed by atoms with Crippen molar-refractivity contribution in [1.82, 2.24) is 4.90 Å². The summed E-state index contributed by atoms with van der Waals surface area (Å²) in [6, 6.07) is 3.68. The van der Waals surface area contributed by atoms with Crippen LogP contribution in [0.2, 0.25) is 0 Å². The fraction of sp³-hybridized carbons (Fsp3) is 0.542. The molecule has 5 nitrogen and oxygen atoms in total. The van der Waals surface area contributed by atoms with E-state index in [2.05, 4.69) is 15.5 Å². The molecule has 8 heteroatoms. The zero-order valence-electron chi connectivity index (χ0n) is 19.1. The first-order valence-electron chi connectivity index (χ1n) is 11.4. The van der Waals surface area contributed by atoms with Crippen molar-refractivity contribution in [3.8, 4) is 0 Å². The molecule has 1 aromatic carbocycles. The van der Waals surface area contributed by atoms with E-state index in [-0.39, 0.29) is 12.3 Å². The largest absolute Gasteiger partial charge is 0.451 e. The minimum absolute atomic E-state index is 0.255. The molecule has 1 spiro atoms. The fourth-order valence-corrected chi connectivity index (χ4v) is 4.61. The van der Waals surface area contributed by atoms with Crippen LogP contribution in [-0.2, 0) is 15.7 Å². The summed E-state index contributed by atoms with van der Waals surface area (Å²) in [6.07, 6.45) is 2.11. The molecule has 0 aromatic heterocycles. The number of hydrogen-bond donors (Lipinski definition) is 2. The molecule has 0 radical (unpaired) electrons. The van der Waals surface area contributed by atoms with Gasteiger partial charge < -0.3 is 15.4 Å². The van der Waals surface area contributed by atoms with E-state index in [0.717, 1.165) is 30.5 Å². The van der Waals surface area contributed by atoms with Gasteiger partial charge in [-0.05, 0) is 36.6 Å². The molecule has 176 valence electrons. The third-order valence-corrected chi connectivity index (χ3v) is 6.16. The van der Waals surface area contributed by atoms with Crippen molar-refractivity contribution >= 4 is 17.3 Å². The Morgan fingerprint density at radius 2 is 1.81 bits per heavy atom. The number of alkyl halides is 3. The summed E-state index contributed by atoms with van der Waals surface area (Å²) in [4.78, 5) is 14.6. The lowest BCUT2D eigenvalue weighted by atomic mass is 9.82. The molecule has 1 atom stereocenters. The Balaban J connectivity index is 0.00000141. The second kappa shape index (κ2) is 9.57. The van der Waals surface area contributed by atoms with Crippen LogP contribution in [0.4, 0.5) is 24.5 Å². The van der Waals surface area contributed by atoms with E-state index in [9.17, 15) is 18.0 Å². The summed E-state index contributed by atoms with van der Waals surface area (Å²) in [5.74, 6) is -0.255. The first kappa shape index (κ1) is 24.2. The summed E-state index contributed by atoms with van der Waals surface area (Å²) in [7, 11) is 0. The number of rotatable bonds is 4.